The van der Waals surface area contributed by atoms with Gasteiger partial charge in [0.2, 0.25) is 0 Å². The van der Waals surface area contributed by atoms with Crippen LogP contribution in [0, 0.1) is 0 Å². The molecular weight excluding hydrogens is 218 g/mol. The first-order valence-electron chi connectivity index (χ1n) is 5.95. The van der Waals surface area contributed by atoms with Gasteiger partial charge in [-0.1, -0.05) is 13.8 Å². The molecule has 0 saturated heterocycles. The van der Waals surface area contributed by atoms with Crippen LogP contribution in [0.5, 0.6) is 0 Å². The van der Waals surface area contributed by atoms with Crippen LogP contribution < -0.4 is 16.2 Å². The minimum Gasteiger partial charge on any atom is -0.395 e. The molecule has 0 aliphatic rings. The van der Waals surface area contributed by atoms with Crippen molar-refractivity contribution in [1.29, 1.82) is 0 Å². The van der Waals surface area contributed by atoms with E-state index in [1.165, 1.54) is 0 Å². The molecule has 0 radical (unpaired) electrons. The molecule has 4 N–H and O–H groups in total. The molecule has 0 aliphatic carbocycles. The molecule has 0 fully saturated rings. The second-order valence-electron chi connectivity index (χ2n) is 3.74. The average Bonchev–Trinajstić information content (AvgIpc) is 2.37. The van der Waals surface area contributed by atoms with Crippen molar-refractivity contribution in [1.82, 2.24) is 9.97 Å². The third kappa shape index (κ3) is 3.83. The van der Waals surface area contributed by atoms with Gasteiger partial charge in [-0.25, -0.2) is 15.8 Å². The second kappa shape index (κ2) is 7.03. The molecule has 1 heterocycles. The molecule has 0 atom stereocenters. The van der Waals surface area contributed by atoms with Crippen molar-refractivity contribution in [3.8, 4) is 0 Å². The number of nitrogens with one attached hydrogen (secondary N) is 1. The Morgan fingerprint density at radius 1 is 1.35 bits per heavy atom. The summed E-state index contributed by atoms with van der Waals surface area (Å²) in [5.74, 6) is 7.54. The SMILES string of the molecule is CCCN(CCO)c1cc(NN)nc(CC)n1. The van der Waals surface area contributed by atoms with Gasteiger partial charge in [-0.15, -0.1) is 0 Å². The normalized spacial score (nSPS) is 10.4. The first kappa shape index (κ1) is 13.7. The number of nitrogens with zero attached hydrogens (tertiary/aromatic N) is 3. The van der Waals surface area contributed by atoms with Crippen LogP contribution in [0.3, 0.4) is 0 Å². The van der Waals surface area contributed by atoms with E-state index in [1.807, 2.05) is 11.8 Å². The number of nitrogen functional groups attached to an aromatic ring is 1. The molecule has 1 aromatic rings. The van der Waals surface area contributed by atoms with Crippen LogP contribution in [0.25, 0.3) is 0 Å². The number of hydrazine groups is 1. The average molecular weight is 239 g/mol. The van der Waals surface area contributed by atoms with Gasteiger partial charge >= 0.3 is 0 Å². The number of aromatic nitrogens is 2. The lowest BCUT2D eigenvalue weighted by Gasteiger charge is -2.22. The van der Waals surface area contributed by atoms with Gasteiger partial charge < -0.3 is 15.4 Å². The maximum absolute atomic E-state index is 9.05. The topological polar surface area (TPSA) is 87.3 Å². The molecule has 6 heteroatoms. The summed E-state index contributed by atoms with van der Waals surface area (Å²) in [4.78, 5) is 10.7. The third-order valence-corrected chi connectivity index (χ3v) is 2.41. The lowest BCUT2D eigenvalue weighted by Crippen LogP contribution is -2.29. The molecule has 0 aliphatic heterocycles. The Kier molecular flexibility index (Phi) is 5.65. The molecule has 96 valence electrons. The van der Waals surface area contributed by atoms with Crippen molar-refractivity contribution < 1.29 is 5.11 Å². The lowest BCUT2D eigenvalue weighted by molar-refractivity contribution is 0.301. The number of aryl methyl sites for hydroxylation is 1. The van der Waals surface area contributed by atoms with Gasteiger partial charge in [-0.05, 0) is 6.42 Å². The Morgan fingerprint density at radius 3 is 2.65 bits per heavy atom. The van der Waals surface area contributed by atoms with Crippen molar-refractivity contribution in [2.24, 2.45) is 5.84 Å². The Bertz CT molecular complexity index is 316. The Labute approximate surface area is 102 Å². The van der Waals surface area contributed by atoms with Crippen LogP contribution in [-0.2, 0) is 6.42 Å². The van der Waals surface area contributed by atoms with E-state index in [-0.39, 0.29) is 6.61 Å². The third-order valence-electron chi connectivity index (χ3n) is 2.41. The van der Waals surface area contributed by atoms with E-state index in [0.29, 0.717) is 12.4 Å². The van der Waals surface area contributed by atoms with Gasteiger partial charge in [0, 0.05) is 25.6 Å². The van der Waals surface area contributed by atoms with Crippen molar-refractivity contribution in [2.75, 3.05) is 30.0 Å². The highest BCUT2D eigenvalue weighted by Crippen LogP contribution is 2.15. The summed E-state index contributed by atoms with van der Waals surface area (Å²) < 4.78 is 0. The number of aliphatic hydroxyl groups is 1. The lowest BCUT2D eigenvalue weighted by atomic mass is 10.3. The fourth-order valence-corrected chi connectivity index (χ4v) is 1.61. The predicted octanol–water partition coefficient (Wildman–Crippen LogP) is 0.533. The molecule has 0 unspecified atom stereocenters. The zero-order valence-electron chi connectivity index (χ0n) is 10.5. The molecule has 1 aromatic heterocycles. The quantitative estimate of drug-likeness (QED) is 0.475. The molecule has 0 aromatic carbocycles. The number of anilines is 2. The van der Waals surface area contributed by atoms with E-state index in [9.17, 15) is 0 Å². The fraction of sp³-hybridized carbons (Fsp3) is 0.636. The van der Waals surface area contributed by atoms with E-state index in [2.05, 4.69) is 22.3 Å². The van der Waals surface area contributed by atoms with Gasteiger partial charge in [-0.2, -0.15) is 0 Å². The highest BCUT2D eigenvalue weighted by molar-refractivity contribution is 5.48. The van der Waals surface area contributed by atoms with Crippen LogP contribution in [0.1, 0.15) is 26.1 Å². The minimum absolute atomic E-state index is 0.108. The van der Waals surface area contributed by atoms with E-state index in [1.54, 1.807) is 6.07 Å². The van der Waals surface area contributed by atoms with Crippen LogP contribution in [0.4, 0.5) is 11.6 Å². The van der Waals surface area contributed by atoms with Crippen LogP contribution in [0.2, 0.25) is 0 Å². The standard InChI is InChI=1S/C11H21N5O/c1-3-5-16(6-7-17)11-8-10(15-12)13-9(4-2)14-11/h8,17H,3-7,12H2,1-2H3,(H,13,14,15). The highest BCUT2D eigenvalue weighted by Gasteiger charge is 2.09. The number of hydrogen-bond acceptors (Lipinski definition) is 6. The number of rotatable bonds is 7. The number of aliphatic hydroxyl groups excluding tert-OH is 1. The maximum Gasteiger partial charge on any atom is 0.145 e. The number of hydrogen-bond donors (Lipinski definition) is 3. The summed E-state index contributed by atoms with van der Waals surface area (Å²) in [7, 11) is 0. The summed E-state index contributed by atoms with van der Waals surface area (Å²) in [5, 5.41) is 9.05. The molecule has 17 heavy (non-hydrogen) atoms. The van der Waals surface area contributed by atoms with Gasteiger partial charge in [0.15, 0.2) is 0 Å². The molecule has 0 spiro atoms. The smallest absolute Gasteiger partial charge is 0.145 e. The van der Waals surface area contributed by atoms with Crippen molar-refractivity contribution in [3.63, 3.8) is 0 Å². The highest BCUT2D eigenvalue weighted by atomic mass is 16.3. The van der Waals surface area contributed by atoms with E-state index in [0.717, 1.165) is 31.0 Å². The zero-order chi connectivity index (χ0) is 12.7. The molecule has 1 rings (SSSR count). The van der Waals surface area contributed by atoms with E-state index < -0.39 is 0 Å². The zero-order valence-corrected chi connectivity index (χ0v) is 10.5. The van der Waals surface area contributed by atoms with Gasteiger partial charge in [0.1, 0.15) is 17.5 Å². The van der Waals surface area contributed by atoms with Gasteiger partial charge in [0.05, 0.1) is 6.61 Å². The first-order valence-corrected chi connectivity index (χ1v) is 5.95. The summed E-state index contributed by atoms with van der Waals surface area (Å²) in [5.41, 5.74) is 2.54. The largest absolute Gasteiger partial charge is 0.395 e. The van der Waals surface area contributed by atoms with E-state index in [4.69, 9.17) is 10.9 Å². The van der Waals surface area contributed by atoms with Crippen molar-refractivity contribution >= 4 is 11.6 Å². The van der Waals surface area contributed by atoms with Crippen molar-refractivity contribution in [2.45, 2.75) is 26.7 Å². The molecule has 0 saturated carbocycles. The predicted molar refractivity (Wildman–Crippen MR) is 68.8 cm³/mol. The van der Waals surface area contributed by atoms with Gasteiger partial charge in [-0.3, -0.25) is 0 Å². The first-order chi connectivity index (χ1) is 8.24. The molecule has 6 nitrogen and oxygen atoms in total. The van der Waals surface area contributed by atoms with Crippen LogP contribution in [0.15, 0.2) is 6.07 Å². The molecule has 0 amide bonds. The maximum atomic E-state index is 9.05. The van der Waals surface area contributed by atoms with Crippen LogP contribution in [-0.4, -0.2) is 34.8 Å². The minimum atomic E-state index is 0.108. The van der Waals surface area contributed by atoms with Crippen LogP contribution >= 0.6 is 0 Å². The summed E-state index contributed by atoms with van der Waals surface area (Å²) >= 11 is 0. The summed E-state index contributed by atoms with van der Waals surface area (Å²) in [6, 6.07) is 1.80. The Hall–Kier alpha value is -1.40. The Morgan fingerprint density at radius 2 is 2.12 bits per heavy atom. The van der Waals surface area contributed by atoms with E-state index >= 15 is 0 Å². The summed E-state index contributed by atoms with van der Waals surface area (Å²) in [6.45, 7) is 5.61. The van der Waals surface area contributed by atoms with Gasteiger partial charge in [0.25, 0.3) is 0 Å². The monoisotopic (exact) mass is 239 g/mol. The Balaban J connectivity index is 2.99. The van der Waals surface area contributed by atoms with Crippen molar-refractivity contribution in [3.05, 3.63) is 11.9 Å². The molecular formula is C11H21N5O. The summed E-state index contributed by atoms with van der Waals surface area (Å²) in [6.07, 6.45) is 1.75. The fourth-order valence-electron chi connectivity index (χ4n) is 1.61. The molecule has 0 bridgehead atoms. The number of nitrogens with two attached hydrogens (primary N) is 1. The second-order valence-corrected chi connectivity index (χ2v) is 3.74.